The van der Waals surface area contributed by atoms with Gasteiger partial charge in [-0.2, -0.15) is 0 Å². The Kier molecular flexibility index (Phi) is 6.52. The summed E-state index contributed by atoms with van der Waals surface area (Å²) in [6, 6.07) is -1.32. The summed E-state index contributed by atoms with van der Waals surface area (Å²) in [7, 11) is 0. The van der Waals surface area contributed by atoms with Crippen LogP contribution in [0.3, 0.4) is 0 Å². The lowest BCUT2D eigenvalue weighted by atomic mass is 9.96. The smallest absolute Gasteiger partial charge is 0.371 e. The molecule has 0 aromatic rings. The average Bonchev–Trinajstić information content (AvgIpc) is 2.56. The molecule has 148 valence electrons. The topological polar surface area (TPSA) is 195 Å². The van der Waals surface area contributed by atoms with Crippen molar-refractivity contribution >= 4 is 11.9 Å². The fourth-order valence-corrected chi connectivity index (χ4v) is 2.67. The molecule has 26 heavy (non-hydrogen) atoms. The van der Waals surface area contributed by atoms with Crippen LogP contribution in [0.4, 0.5) is 0 Å². The van der Waals surface area contributed by atoms with Crippen LogP contribution in [0.15, 0.2) is 11.8 Å². The Labute approximate surface area is 147 Å². The Hall–Kier alpha value is -1.80. The molecular formula is C14H21NO11. The molecule has 1 amide bonds. The van der Waals surface area contributed by atoms with Crippen LogP contribution in [0.1, 0.15) is 6.92 Å². The molecule has 0 spiro atoms. The molecule has 0 unspecified atom stereocenters. The second-order valence-electron chi connectivity index (χ2n) is 5.87. The SMILES string of the molecule is CC(=O)N[C@@H]1[C@@H](O[C@@H]2OC(C(=O)O)=C[C@H](O)[C@H]2O)[C@H](O)[C@@H](CO)O[C@@H]1O. The molecule has 1 fully saturated rings. The van der Waals surface area contributed by atoms with Gasteiger partial charge < -0.3 is 50.2 Å². The molecule has 2 rings (SSSR count). The number of carboxylic acid groups (broad SMARTS) is 1. The molecule has 0 radical (unpaired) electrons. The Morgan fingerprint density at radius 1 is 1.23 bits per heavy atom. The first-order chi connectivity index (χ1) is 12.1. The van der Waals surface area contributed by atoms with Crippen molar-refractivity contribution < 1.29 is 54.4 Å². The lowest BCUT2D eigenvalue weighted by Gasteiger charge is -2.44. The second-order valence-corrected chi connectivity index (χ2v) is 5.87. The zero-order chi connectivity index (χ0) is 19.6. The quantitative estimate of drug-likeness (QED) is 0.246. The first-order valence-electron chi connectivity index (χ1n) is 7.68. The zero-order valence-electron chi connectivity index (χ0n) is 13.6. The highest BCUT2D eigenvalue weighted by Crippen LogP contribution is 2.27. The summed E-state index contributed by atoms with van der Waals surface area (Å²) in [5.74, 6) is -2.81. The monoisotopic (exact) mass is 379 g/mol. The summed E-state index contributed by atoms with van der Waals surface area (Å²) in [5.41, 5.74) is 0. The largest absolute Gasteiger partial charge is 0.475 e. The van der Waals surface area contributed by atoms with Gasteiger partial charge in [0, 0.05) is 6.92 Å². The number of ether oxygens (including phenoxy) is 3. The fraction of sp³-hybridized carbons (Fsp3) is 0.714. The number of carbonyl (C=O) groups is 2. The third kappa shape index (κ3) is 4.29. The van der Waals surface area contributed by atoms with E-state index in [9.17, 15) is 35.1 Å². The normalized spacial score (nSPS) is 40.3. The predicted molar refractivity (Wildman–Crippen MR) is 79.1 cm³/mol. The van der Waals surface area contributed by atoms with Gasteiger partial charge in [-0.3, -0.25) is 4.79 Å². The van der Waals surface area contributed by atoms with E-state index < -0.39 is 73.4 Å². The van der Waals surface area contributed by atoms with Crippen LogP contribution in [0.5, 0.6) is 0 Å². The van der Waals surface area contributed by atoms with Crippen LogP contribution in [0.2, 0.25) is 0 Å². The van der Waals surface area contributed by atoms with Crippen molar-refractivity contribution in [2.75, 3.05) is 6.61 Å². The number of hydrogen-bond acceptors (Lipinski definition) is 10. The van der Waals surface area contributed by atoms with Gasteiger partial charge >= 0.3 is 5.97 Å². The molecule has 0 aromatic heterocycles. The Bertz CT molecular complexity index is 567. The van der Waals surface area contributed by atoms with E-state index >= 15 is 0 Å². The molecule has 2 heterocycles. The molecular weight excluding hydrogens is 358 g/mol. The molecule has 8 atom stereocenters. The number of aliphatic hydroxyl groups is 5. The average molecular weight is 379 g/mol. The van der Waals surface area contributed by atoms with E-state index in [-0.39, 0.29) is 0 Å². The first kappa shape index (κ1) is 20.5. The molecule has 2 aliphatic heterocycles. The van der Waals surface area contributed by atoms with Crippen molar-refractivity contribution in [2.24, 2.45) is 0 Å². The molecule has 2 aliphatic rings. The summed E-state index contributed by atoms with van der Waals surface area (Å²) in [5, 5.41) is 60.5. The van der Waals surface area contributed by atoms with E-state index in [4.69, 9.17) is 19.3 Å². The van der Waals surface area contributed by atoms with Gasteiger partial charge in [0.1, 0.15) is 36.6 Å². The minimum Gasteiger partial charge on any atom is -0.475 e. The third-order valence-electron chi connectivity index (χ3n) is 3.94. The number of hydrogen-bond donors (Lipinski definition) is 7. The zero-order valence-corrected chi connectivity index (χ0v) is 13.6. The van der Waals surface area contributed by atoms with Crippen LogP contribution in [0.25, 0.3) is 0 Å². The van der Waals surface area contributed by atoms with Gasteiger partial charge in [-0.15, -0.1) is 0 Å². The first-order valence-corrected chi connectivity index (χ1v) is 7.68. The number of aliphatic hydroxyl groups excluding tert-OH is 5. The minimum atomic E-state index is -1.73. The van der Waals surface area contributed by atoms with Crippen molar-refractivity contribution in [3.8, 4) is 0 Å². The van der Waals surface area contributed by atoms with Crippen molar-refractivity contribution in [3.05, 3.63) is 11.8 Å². The predicted octanol–water partition coefficient (Wildman–Crippen LogP) is -4.01. The standard InChI is InChI=1S/C14H21NO11/c1-4(17)15-8-11(10(20)7(3-16)24-13(8)23)26-14-9(19)5(18)2-6(25-14)12(21)22/h2,5,7-11,13-14,16,18-20,23H,3H2,1H3,(H,15,17)(H,21,22)/t5-,7+,8+,9+,10+,11+,13-,14-/m0/s1. The van der Waals surface area contributed by atoms with Gasteiger partial charge in [-0.05, 0) is 6.08 Å². The van der Waals surface area contributed by atoms with Crippen molar-refractivity contribution in [1.29, 1.82) is 0 Å². The summed E-state index contributed by atoms with van der Waals surface area (Å²) in [4.78, 5) is 22.4. The highest BCUT2D eigenvalue weighted by Gasteiger charge is 2.49. The van der Waals surface area contributed by atoms with Crippen molar-refractivity contribution in [3.63, 3.8) is 0 Å². The number of nitrogens with one attached hydrogen (secondary N) is 1. The number of amides is 1. The maximum Gasteiger partial charge on any atom is 0.371 e. The number of aliphatic carboxylic acids is 1. The fourth-order valence-electron chi connectivity index (χ4n) is 2.67. The highest BCUT2D eigenvalue weighted by molar-refractivity contribution is 5.84. The molecule has 0 aromatic carbocycles. The molecule has 0 bridgehead atoms. The minimum absolute atomic E-state index is 0.600. The summed E-state index contributed by atoms with van der Waals surface area (Å²) in [6.07, 6.45) is -10.3. The van der Waals surface area contributed by atoms with Crippen molar-refractivity contribution in [2.45, 2.75) is 56.1 Å². The van der Waals surface area contributed by atoms with E-state index in [1.807, 2.05) is 0 Å². The van der Waals surface area contributed by atoms with E-state index in [1.165, 1.54) is 0 Å². The van der Waals surface area contributed by atoms with Gasteiger partial charge in [-0.1, -0.05) is 0 Å². The van der Waals surface area contributed by atoms with Crippen LogP contribution >= 0.6 is 0 Å². The summed E-state index contributed by atoms with van der Waals surface area (Å²) < 4.78 is 15.3. The highest BCUT2D eigenvalue weighted by atomic mass is 16.7. The molecule has 0 aliphatic carbocycles. The maximum atomic E-state index is 11.3. The van der Waals surface area contributed by atoms with Gasteiger partial charge in [-0.25, -0.2) is 4.79 Å². The van der Waals surface area contributed by atoms with Crippen LogP contribution < -0.4 is 5.32 Å². The number of carbonyl (C=O) groups excluding carboxylic acids is 1. The molecule has 0 saturated carbocycles. The lowest BCUT2D eigenvalue weighted by Crippen LogP contribution is -2.66. The number of carboxylic acids is 1. The molecule has 1 saturated heterocycles. The summed E-state index contributed by atoms with van der Waals surface area (Å²) >= 11 is 0. The van der Waals surface area contributed by atoms with Crippen LogP contribution in [-0.2, 0) is 23.8 Å². The number of rotatable bonds is 5. The van der Waals surface area contributed by atoms with E-state index in [2.05, 4.69) is 5.32 Å². The summed E-state index contributed by atoms with van der Waals surface area (Å²) in [6.45, 7) is 0.442. The van der Waals surface area contributed by atoms with Gasteiger partial charge in [0.25, 0.3) is 0 Å². The molecule has 12 nitrogen and oxygen atoms in total. The van der Waals surface area contributed by atoms with Gasteiger partial charge in [0.05, 0.1) is 6.61 Å². The second kappa shape index (κ2) is 8.26. The Balaban J connectivity index is 2.24. The Morgan fingerprint density at radius 3 is 2.42 bits per heavy atom. The van der Waals surface area contributed by atoms with Gasteiger partial charge in [0.2, 0.25) is 18.0 Å². The third-order valence-corrected chi connectivity index (χ3v) is 3.94. The van der Waals surface area contributed by atoms with Crippen molar-refractivity contribution in [1.82, 2.24) is 5.32 Å². The van der Waals surface area contributed by atoms with E-state index in [0.717, 1.165) is 13.0 Å². The Morgan fingerprint density at radius 2 is 1.88 bits per heavy atom. The van der Waals surface area contributed by atoms with E-state index in [0.29, 0.717) is 0 Å². The van der Waals surface area contributed by atoms with Crippen LogP contribution in [-0.4, -0.2) is 98.3 Å². The van der Waals surface area contributed by atoms with E-state index in [1.54, 1.807) is 0 Å². The lowest BCUT2D eigenvalue weighted by molar-refractivity contribution is -0.302. The molecule has 12 heteroatoms. The maximum absolute atomic E-state index is 11.3. The molecule has 7 N–H and O–H groups in total. The van der Waals surface area contributed by atoms with Gasteiger partial charge in [0.15, 0.2) is 6.29 Å². The van der Waals surface area contributed by atoms with Crippen LogP contribution in [0, 0.1) is 0 Å².